The number of carboxylic acids is 1. The Kier molecular flexibility index (Phi) is 2.27. The van der Waals surface area contributed by atoms with E-state index in [1.165, 1.54) is 0 Å². The van der Waals surface area contributed by atoms with Gasteiger partial charge >= 0.3 is 12.3 Å². The smallest absolute Gasteiger partial charge is 0.481 e. The summed E-state index contributed by atoms with van der Waals surface area (Å²) >= 11 is 0. The van der Waals surface area contributed by atoms with Gasteiger partial charge in [-0.05, 0) is 12.8 Å². The summed E-state index contributed by atoms with van der Waals surface area (Å²) in [5, 5.41) is 8.31. The molecule has 0 unspecified atom stereocenters. The molecule has 1 rings (SSSR count). The quantitative estimate of drug-likeness (QED) is 0.705. The van der Waals surface area contributed by atoms with Crippen molar-refractivity contribution in [2.45, 2.75) is 25.3 Å². The van der Waals surface area contributed by atoms with Crippen molar-refractivity contribution in [3.05, 3.63) is 0 Å². The number of halogens is 3. The minimum atomic E-state index is -4.64. The number of carbonyl (C=O) groups is 1. The fourth-order valence-corrected chi connectivity index (χ4v) is 1.05. The van der Waals surface area contributed by atoms with E-state index in [1.54, 1.807) is 0 Å². The Morgan fingerprint density at radius 1 is 1.42 bits per heavy atom. The first-order valence-corrected chi connectivity index (χ1v) is 3.36. The van der Waals surface area contributed by atoms with Gasteiger partial charge in [0, 0.05) is 0 Å². The zero-order valence-corrected chi connectivity index (χ0v) is 5.97. The molecule has 1 aliphatic carbocycles. The van der Waals surface area contributed by atoms with Crippen molar-refractivity contribution < 1.29 is 27.8 Å². The van der Waals surface area contributed by atoms with Gasteiger partial charge in [0.2, 0.25) is 0 Å². The molecule has 0 bridgehead atoms. The summed E-state index contributed by atoms with van der Waals surface area (Å²) in [5.74, 6) is -1.73. The highest BCUT2D eigenvalue weighted by atomic mass is 19.4. The van der Waals surface area contributed by atoms with Crippen LogP contribution in [0.1, 0.15) is 12.8 Å². The lowest BCUT2D eigenvalue weighted by Crippen LogP contribution is -2.39. The number of aliphatic carboxylic acids is 1. The molecule has 6 heteroatoms. The maximum absolute atomic E-state index is 11.5. The van der Waals surface area contributed by atoms with E-state index in [0.717, 1.165) is 0 Å². The van der Waals surface area contributed by atoms with E-state index >= 15 is 0 Å². The largest absolute Gasteiger partial charge is 0.522 e. The van der Waals surface area contributed by atoms with Crippen LogP contribution in [0, 0.1) is 5.92 Å². The van der Waals surface area contributed by atoms with E-state index in [0.29, 0.717) is 0 Å². The van der Waals surface area contributed by atoms with Crippen LogP contribution in [0.25, 0.3) is 0 Å². The topological polar surface area (TPSA) is 46.5 Å². The Morgan fingerprint density at radius 3 is 2.25 bits per heavy atom. The second kappa shape index (κ2) is 2.93. The number of alkyl halides is 3. The maximum atomic E-state index is 11.5. The average Bonchev–Trinajstić information content (AvgIpc) is 1.74. The van der Waals surface area contributed by atoms with Gasteiger partial charge in [0.15, 0.2) is 0 Å². The van der Waals surface area contributed by atoms with Gasteiger partial charge in [-0.1, -0.05) is 0 Å². The fraction of sp³-hybridized carbons (Fsp3) is 0.833. The molecule has 1 saturated carbocycles. The van der Waals surface area contributed by atoms with Crippen LogP contribution in [0.2, 0.25) is 0 Å². The lowest BCUT2D eigenvalue weighted by atomic mass is 9.82. The third-order valence-electron chi connectivity index (χ3n) is 1.74. The van der Waals surface area contributed by atoms with Crippen LogP contribution in [-0.4, -0.2) is 23.5 Å². The summed E-state index contributed by atoms with van der Waals surface area (Å²) in [7, 11) is 0. The van der Waals surface area contributed by atoms with Gasteiger partial charge in [-0.2, -0.15) is 0 Å². The molecule has 0 radical (unpaired) electrons. The fourth-order valence-electron chi connectivity index (χ4n) is 1.05. The molecule has 0 amide bonds. The van der Waals surface area contributed by atoms with Gasteiger partial charge in [-0.25, -0.2) is 0 Å². The highest BCUT2D eigenvalue weighted by Gasteiger charge is 2.42. The van der Waals surface area contributed by atoms with Crippen molar-refractivity contribution in [1.82, 2.24) is 0 Å². The van der Waals surface area contributed by atoms with Gasteiger partial charge in [-0.15, -0.1) is 13.2 Å². The molecule has 0 atom stereocenters. The van der Waals surface area contributed by atoms with Crippen LogP contribution >= 0.6 is 0 Å². The van der Waals surface area contributed by atoms with Crippen LogP contribution in [0.15, 0.2) is 0 Å². The predicted octanol–water partition coefficient (Wildman–Crippen LogP) is 1.39. The van der Waals surface area contributed by atoms with E-state index in [9.17, 15) is 18.0 Å². The zero-order valence-electron chi connectivity index (χ0n) is 5.97. The number of hydrogen-bond acceptors (Lipinski definition) is 2. The molecule has 0 aromatic heterocycles. The zero-order chi connectivity index (χ0) is 9.35. The second-order valence-electron chi connectivity index (χ2n) is 2.69. The summed E-state index contributed by atoms with van der Waals surface area (Å²) in [5.41, 5.74) is 0. The molecule has 3 nitrogen and oxygen atoms in total. The van der Waals surface area contributed by atoms with Crippen molar-refractivity contribution in [3.63, 3.8) is 0 Å². The minimum Gasteiger partial charge on any atom is -0.481 e. The van der Waals surface area contributed by atoms with Gasteiger partial charge < -0.3 is 5.11 Å². The van der Waals surface area contributed by atoms with Crippen LogP contribution < -0.4 is 0 Å². The van der Waals surface area contributed by atoms with Gasteiger partial charge in [0.25, 0.3) is 0 Å². The summed E-state index contributed by atoms with van der Waals surface area (Å²) < 4.78 is 38.0. The van der Waals surface area contributed by atoms with Gasteiger partial charge in [0.05, 0.1) is 12.0 Å². The molecular formula is C6H7F3O3. The maximum Gasteiger partial charge on any atom is 0.522 e. The number of rotatable bonds is 2. The Morgan fingerprint density at radius 2 is 1.92 bits per heavy atom. The number of hydrogen-bond donors (Lipinski definition) is 1. The Balaban J connectivity index is 2.22. The van der Waals surface area contributed by atoms with Crippen LogP contribution in [-0.2, 0) is 9.53 Å². The molecule has 1 aliphatic rings. The first kappa shape index (κ1) is 9.31. The molecule has 0 saturated heterocycles. The first-order chi connectivity index (χ1) is 5.38. The monoisotopic (exact) mass is 184 g/mol. The van der Waals surface area contributed by atoms with E-state index in [4.69, 9.17) is 5.11 Å². The summed E-state index contributed by atoms with van der Waals surface area (Å²) in [6, 6.07) is 0. The van der Waals surface area contributed by atoms with E-state index < -0.39 is 24.4 Å². The first-order valence-electron chi connectivity index (χ1n) is 3.36. The Labute approximate surface area is 66.1 Å². The van der Waals surface area contributed by atoms with Gasteiger partial charge in [0.1, 0.15) is 0 Å². The third kappa shape index (κ3) is 2.37. The lowest BCUT2D eigenvalue weighted by molar-refractivity contribution is -0.353. The summed E-state index contributed by atoms with van der Waals surface area (Å²) in [6.07, 6.45) is -5.70. The highest BCUT2D eigenvalue weighted by molar-refractivity contribution is 5.71. The molecule has 1 N–H and O–H groups in total. The SMILES string of the molecule is O=C(O)[C@H]1C[C@@H](OC(F)(F)F)C1. The highest BCUT2D eigenvalue weighted by Crippen LogP contribution is 2.34. The second-order valence-corrected chi connectivity index (χ2v) is 2.69. The van der Waals surface area contributed by atoms with E-state index in [1.807, 2.05) is 0 Å². The van der Waals surface area contributed by atoms with Crippen molar-refractivity contribution >= 4 is 5.97 Å². The Bertz CT molecular complexity index is 183. The minimum absolute atomic E-state index is 0.0468. The molecule has 0 aliphatic heterocycles. The van der Waals surface area contributed by atoms with Crippen molar-refractivity contribution in [3.8, 4) is 0 Å². The summed E-state index contributed by atoms with van der Waals surface area (Å²) in [6.45, 7) is 0. The summed E-state index contributed by atoms with van der Waals surface area (Å²) in [4.78, 5) is 10.2. The molecule has 70 valence electrons. The molecule has 0 spiro atoms. The number of ether oxygens (including phenoxy) is 1. The van der Waals surface area contributed by atoms with E-state index in [-0.39, 0.29) is 12.8 Å². The lowest BCUT2D eigenvalue weighted by Gasteiger charge is -2.32. The molecule has 1 fully saturated rings. The molecule has 0 heterocycles. The van der Waals surface area contributed by atoms with Crippen LogP contribution in [0.3, 0.4) is 0 Å². The predicted molar refractivity (Wildman–Crippen MR) is 31.3 cm³/mol. The third-order valence-corrected chi connectivity index (χ3v) is 1.74. The standard InChI is InChI=1S/C6H7F3O3/c7-6(8,9)12-4-1-3(2-4)5(10)11/h3-4H,1-2H2,(H,10,11)/t3-,4+. The van der Waals surface area contributed by atoms with Crippen molar-refractivity contribution in [2.24, 2.45) is 5.92 Å². The molecule has 0 aromatic carbocycles. The van der Waals surface area contributed by atoms with Crippen LogP contribution in [0.4, 0.5) is 13.2 Å². The average molecular weight is 184 g/mol. The normalized spacial score (nSPS) is 29.6. The Hall–Kier alpha value is -0.780. The van der Waals surface area contributed by atoms with Crippen molar-refractivity contribution in [1.29, 1.82) is 0 Å². The van der Waals surface area contributed by atoms with Crippen molar-refractivity contribution in [2.75, 3.05) is 0 Å². The van der Waals surface area contributed by atoms with Crippen LogP contribution in [0.5, 0.6) is 0 Å². The molecule has 12 heavy (non-hydrogen) atoms. The van der Waals surface area contributed by atoms with E-state index in [2.05, 4.69) is 4.74 Å². The number of carboxylic acid groups (broad SMARTS) is 1. The molecular weight excluding hydrogens is 177 g/mol. The van der Waals surface area contributed by atoms with Gasteiger partial charge in [-0.3, -0.25) is 9.53 Å². The molecule has 0 aromatic rings.